The van der Waals surface area contributed by atoms with Crippen LogP contribution in [-0.2, 0) is 0 Å². The van der Waals surface area contributed by atoms with Gasteiger partial charge in [-0.1, -0.05) is 22.0 Å². The van der Waals surface area contributed by atoms with Crippen molar-refractivity contribution in [3.05, 3.63) is 51.6 Å². The van der Waals surface area contributed by atoms with E-state index in [4.69, 9.17) is 4.74 Å². The second-order valence-corrected chi connectivity index (χ2v) is 5.39. The monoisotopic (exact) mass is 334 g/mol. The van der Waals surface area contributed by atoms with Crippen molar-refractivity contribution in [3.8, 4) is 5.75 Å². The maximum Gasteiger partial charge on any atom is 0.260 e. The van der Waals surface area contributed by atoms with Crippen molar-refractivity contribution in [1.82, 2.24) is 4.98 Å². The highest BCUT2D eigenvalue weighted by atomic mass is 79.9. The summed E-state index contributed by atoms with van der Waals surface area (Å²) in [5.74, 6) is 0.825. The highest BCUT2D eigenvalue weighted by Crippen LogP contribution is 2.25. The summed E-state index contributed by atoms with van der Waals surface area (Å²) in [6.45, 7) is 3.85. The summed E-state index contributed by atoms with van der Waals surface area (Å²) in [5, 5.41) is 2.77. The predicted molar refractivity (Wildman–Crippen MR) is 82.4 cm³/mol. The van der Waals surface area contributed by atoms with Gasteiger partial charge in [-0.15, -0.1) is 0 Å². The third-order valence-electron chi connectivity index (χ3n) is 2.85. The highest BCUT2D eigenvalue weighted by molar-refractivity contribution is 9.10. The van der Waals surface area contributed by atoms with Crippen molar-refractivity contribution in [3.63, 3.8) is 0 Å². The number of carbonyl (C=O) groups excluding carboxylic acids is 1. The van der Waals surface area contributed by atoms with Gasteiger partial charge in [0, 0.05) is 10.7 Å². The number of carbonyl (C=O) groups is 1. The molecule has 1 heterocycles. The van der Waals surface area contributed by atoms with Crippen LogP contribution in [0.4, 0.5) is 5.82 Å². The van der Waals surface area contributed by atoms with Crippen LogP contribution in [0.25, 0.3) is 0 Å². The molecular weight excluding hydrogens is 320 g/mol. The molecule has 4 nitrogen and oxygen atoms in total. The molecule has 0 unspecified atom stereocenters. The zero-order valence-electron chi connectivity index (χ0n) is 11.5. The van der Waals surface area contributed by atoms with E-state index >= 15 is 0 Å². The van der Waals surface area contributed by atoms with Crippen molar-refractivity contribution in [2.24, 2.45) is 0 Å². The molecule has 20 heavy (non-hydrogen) atoms. The van der Waals surface area contributed by atoms with Gasteiger partial charge in [0.15, 0.2) is 0 Å². The number of anilines is 1. The van der Waals surface area contributed by atoms with Crippen LogP contribution in [0.5, 0.6) is 5.75 Å². The fraction of sp³-hybridized carbons (Fsp3) is 0.200. The van der Waals surface area contributed by atoms with Crippen molar-refractivity contribution < 1.29 is 9.53 Å². The molecular formula is C15H15BrN2O2. The molecule has 1 aromatic carbocycles. The summed E-state index contributed by atoms with van der Waals surface area (Å²) in [6.07, 6.45) is 1.62. The van der Waals surface area contributed by atoms with E-state index in [0.29, 0.717) is 17.1 Å². The van der Waals surface area contributed by atoms with Gasteiger partial charge in [-0.05, 0) is 43.2 Å². The molecule has 0 saturated heterocycles. The molecule has 0 aliphatic carbocycles. The fourth-order valence-electron chi connectivity index (χ4n) is 2.03. The first-order valence-corrected chi connectivity index (χ1v) is 6.88. The smallest absolute Gasteiger partial charge is 0.260 e. The van der Waals surface area contributed by atoms with Crippen LogP contribution in [-0.4, -0.2) is 18.0 Å². The Balaban J connectivity index is 2.34. The van der Waals surface area contributed by atoms with Crippen LogP contribution < -0.4 is 10.1 Å². The van der Waals surface area contributed by atoms with Gasteiger partial charge in [0.05, 0.1) is 12.7 Å². The lowest BCUT2D eigenvalue weighted by molar-refractivity contribution is 0.102. The van der Waals surface area contributed by atoms with Crippen molar-refractivity contribution in [2.45, 2.75) is 13.8 Å². The normalized spacial score (nSPS) is 10.2. The van der Waals surface area contributed by atoms with E-state index in [-0.39, 0.29) is 5.91 Å². The Hall–Kier alpha value is -1.88. The molecule has 0 bridgehead atoms. The number of nitrogens with zero attached hydrogens (tertiary/aromatic N) is 1. The maximum absolute atomic E-state index is 12.4. The first kappa shape index (κ1) is 14.5. The number of rotatable bonds is 3. The molecule has 0 aliphatic heterocycles. The van der Waals surface area contributed by atoms with Gasteiger partial charge in [-0.3, -0.25) is 4.79 Å². The van der Waals surface area contributed by atoms with Gasteiger partial charge in [-0.2, -0.15) is 0 Å². The van der Waals surface area contributed by atoms with E-state index in [1.54, 1.807) is 25.4 Å². The molecule has 0 aliphatic rings. The standard InChI is InChI=1S/C15H15BrN2O2/c1-9-6-10(2)14(12(7-9)20-3)15(19)18-13-8-11(16)4-5-17-13/h4-8H,1-3H3,(H,17,18,19). The molecule has 1 amide bonds. The number of aromatic nitrogens is 1. The average molecular weight is 335 g/mol. The van der Waals surface area contributed by atoms with E-state index in [0.717, 1.165) is 15.6 Å². The largest absolute Gasteiger partial charge is 0.496 e. The number of aryl methyl sites for hydroxylation is 2. The van der Waals surface area contributed by atoms with E-state index in [2.05, 4.69) is 26.2 Å². The molecule has 1 N–H and O–H groups in total. The first-order valence-electron chi connectivity index (χ1n) is 6.09. The minimum Gasteiger partial charge on any atom is -0.496 e. The highest BCUT2D eigenvalue weighted by Gasteiger charge is 2.16. The van der Waals surface area contributed by atoms with Crippen LogP contribution in [0, 0.1) is 13.8 Å². The topological polar surface area (TPSA) is 51.2 Å². The predicted octanol–water partition coefficient (Wildman–Crippen LogP) is 3.72. The number of benzene rings is 1. The third kappa shape index (κ3) is 3.17. The number of hydrogen-bond donors (Lipinski definition) is 1. The Labute approximate surface area is 126 Å². The van der Waals surface area contributed by atoms with E-state index in [1.165, 1.54) is 0 Å². The molecule has 2 aromatic rings. The van der Waals surface area contributed by atoms with Crippen LogP contribution >= 0.6 is 15.9 Å². The lowest BCUT2D eigenvalue weighted by Crippen LogP contribution is -2.15. The zero-order chi connectivity index (χ0) is 14.7. The van der Waals surface area contributed by atoms with Gasteiger partial charge in [-0.25, -0.2) is 4.98 Å². The van der Waals surface area contributed by atoms with Gasteiger partial charge in [0.25, 0.3) is 5.91 Å². The number of methoxy groups -OCH3 is 1. The average Bonchev–Trinajstić information content (AvgIpc) is 2.37. The number of pyridine rings is 1. The van der Waals surface area contributed by atoms with Crippen molar-refractivity contribution in [2.75, 3.05) is 12.4 Å². The summed E-state index contributed by atoms with van der Waals surface area (Å²) >= 11 is 3.34. The minimum atomic E-state index is -0.232. The molecule has 0 saturated carbocycles. The summed E-state index contributed by atoms with van der Waals surface area (Å²) in [5.41, 5.74) is 2.45. The summed E-state index contributed by atoms with van der Waals surface area (Å²) in [7, 11) is 1.56. The van der Waals surface area contributed by atoms with Crippen molar-refractivity contribution in [1.29, 1.82) is 0 Å². The van der Waals surface area contributed by atoms with Crippen molar-refractivity contribution >= 4 is 27.7 Å². The maximum atomic E-state index is 12.4. The Morgan fingerprint density at radius 1 is 1.30 bits per heavy atom. The van der Waals surface area contributed by atoms with Crippen LogP contribution in [0.15, 0.2) is 34.9 Å². The van der Waals surface area contributed by atoms with E-state index < -0.39 is 0 Å². The molecule has 0 fully saturated rings. The zero-order valence-corrected chi connectivity index (χ0v) is 13.1. The van der Waals surface area contributed by atoms with Gasteiger partial charge >= 0.3 is 0 Å². The second-order valence-electron chi connectivity index (χ2n) is 4.47. The number of hydrogen-bond acceptors (Lipinski definition) is 3. The Morgan fingerprint density at radius 3 is 2.70 bits per heavy atom. The lowest BCUT2D eigenvalue weighted by Gasteiger charge is -2.12. The molecule has 0 atom stereocenters. The molecule has 1 aromatic heterocycles. The van der Waals surface area contributed by atoms with Crippen LogP contribution in [0.3, 0.4) is 0 Å². The molecule has 0 spiro atoms. The van der Waals surface area contributed by atoms with Gasteiger partial charge in [0.1, 0.15) is 11.6 Å². The first-order chi connectivity index (χ1) is 9.51. The molecule has 2 rings (SSSR count). The van der Waals surface area contributed by atoms with Gasteiger partial charge < -0.3 is 10.1 Å². The second kappa shape index (κ2) is 6.05. The summed E-state index contributed by atoms with van der Waals surface area (Å²) < 4.78 is 6.16. The molecule has 5 heteroatoms. The summed E-state index contributed by atoms with van der Waals surface area (Å²) in [4.78, 5) is 16.5. The summed E-state index contributed by atoms with van der Waals surface area (Å²) in [6, 6.07) is 7.34. The van der Waals surface area contributed by atoms with Gasteiger partial charge in [0.2, 0.25) is 0 Å². The Bertz CT molecular complexity index is 656. The Morgan fingerprint density at radius 2 is 2.05 bits per heavy atom. The molecule has 0 radical (unpaired) electrons. The van der Waals surface area contributed by atoms with E-state index in [9.17, 15) is 4.79 Å². The Kier molecular flexibility index (Phi) is 4.39. The minimum absolute atomic E-state index is 0.232. The number of halogens is 1. The fourth-order valence-corrected chi connectivity index (χ4v) is 2.37. The van der Waals surface area contributed by atoms with E-state index in [1.807, 2.05) is 26.0 Å². The number of ether oxygens (including phenoxy) is 1. The third-order valence-corrected chi connectivity index (χ3v) is 3.35. The molecule has 104 valence electrons. The lowest BCUT2D eigenvalue weighted by atomic mass is 10.0. The van der Waals surface area contributed by atoms with Crippen LogP contribution in [0.2, 0.25) is 0 Å². The SMILES string of the molecule is COc1cc(C)cc(C)c1C(=O)Nc1cc(Br)ccn1. The quantitative estimate of drug-likeness (QED) is 0.930. The number of amides is 1. The number of nitrogens with one attached hydrogen (secondary N) is 1. The van der Waals surface area contributed by atoms with Crippen LogP contribution in [0.1, 0.15) is 21.5 Å².